The molecule has 1 heterocycles. The molecule has 34 heavy (non-hydrogen) atoms. The van der Waals surface area contributed by atoms with Crippen LogP contribution in [0.1, 0.15) is 15.9 Å². The second kappa shape index (κ2) is 9.53. The molecule has 0 bridgehead atoms. The first-order valence-electron chi connectivity index (χ1n) is 10.3. The number of ether oxygens (including phenoxy) is 1. The van der Waals surface area contributed by atoms with E-state index in [1.165, 1.54) is 48.1 Å². The van der Waals surface area contributed by atoms with Crippen LogP contribution in [0.2, 0.25) is 0 Å². The van der Waals surface area contributed by atoms with Crippen molar-refractivity contribution in [3.8, 4) is 0 Å². The fourth-order valence-corrected chi connectivity index (χ4v) is 3.59. The van der Waals surface area contributed by atoms with Crippen LogP contribution in [0.3, 0.4) is 0 Å². The van der Waals surface area contributed by atoms with Gasteiger partial charge in [0.25, 0.3) is 5.56 Å². The molecule has 0 saturated heterocycles. The minimum atomic E-state index is -0.663. The molecule has 0 fully saturated rings. The third-order valence-electron chi connectivity index (χ3n) is 5.28. The standard InChI is InChI=1S/C25H20FN3O5/c1-34-24(32)17-8-12-19(13-9-17)27-22(30)15-28-21-5-3-2-4-20(21)23(31)29(25(28)33)14-16-6-10-18(26)11-7-16/h2-13H,14-15H2,1H3,(H,27,30). The molecular formula is C25H20FN3O5. The van der Waals surface area contributed by atoms with Gasteiger partial charge in [0.05, 0.1) is 30.1 Å². The molecule has 1 amide bonds. The van der Waals surface area contributed by atoms with Crippen LogP contribution in [-0.2, 0) is 22.6 Å². The number of amides is 1. The van der Waals surface area contributed by atoms with Crippen LogP contribution in [0.25, 0.3) is 10.9 Å². The van der Waals surface area contributed by atoms with Crippen molar-refractivity contribution in [1.82, 2.24) is 9.13 Å². The van der Waals surface area contributed by atoms with Crippen molar-refractivity contribution in [2.75, 3.05) is 12.4 Å². The van der Waals surface area contributed by atoms with E-state index in [9.17, 15) is 23.6 Å². The van der Waals surface area contributed by atoms with Crippen molar-refractivity contribution in [2.24, 2.45) is 0 Å². The molecule has 4 aromatic rings. The molecule has 0 aliphatic rings. The number of rotatable bonds is 6. The summed E-state index contributed by atoms with van der Waals surface area (Å²) in [6.07, 6.45) is 0. The molecule has 0 atom stereocenters. The largest absolute Gasteiger partial charge is 0.465 e. The number of benzene rings is 3. The Morgan fingerprint density at radius 1 is 0.912 bits per heavy atom. The lowest BCUT2D eigenvalue weighted by Crippen LogP contribution is -2.42. The summed E-state index contributed by atoms with van der Waals surface area (Å²) in [5.41, 5.74) is 0.482. The maximum atomic E-state index is 13.3. The lowest BCUT2D eigenvalue weighted by molar-refractivity contribution is -0.116. The van der Waals surface area contributed by atoms with Crippen LogP contribution < -0.4 is 16.6 Å². The number of anilines is 1. The Balaban J connectivity index is 1.67. The summed E-state index contributed by atoms with van der Waals surface area (Å²) in [5, 5.41) is 2.95. The van der Waals surface area contributed by atoms with Crippen molar-refractivity contribution in [1.29, 1.82) is 0 Å². The van der Waals surface area contributed by atoms with Gasteiger partial charge in [-0.1, -0.05) is 24.3 Å². The molecule has 0 aliphatic carbocycles. The number of carbonyl (C=O) groups is 2. The lowest BCUT2D eigenvalue weighted by atomic mass is 10.2. The van der Waals surface area contributed by atoms with E-state index in [-0.39, 0.29) is 18.5 Å². The Morgan fingerprint density at radius 2 is 1.59 bits per heavy atom. The van der Waals surface area contributed by atoms with Gasteiger partial charge >= 0.3 is 11.7 Å². The molecule has 9 heteroatoms. The maximum Gasteiger partial charge on any atom is 0.337 e. The van der Waals surface area contributed by atoms with Crippen LogP contribution in [0, 0.1) is 5.82 Å². The third kappa shape index (κ3) is 4.63. The highest BCUT2D eigenvalue weighted by molar-refractivity contribution is 5.93. The average Bonchev–Trinajstić information content (AvgIpc) is 2.85. The van der Waals surface area contributed by atoms with E-state index in [0.29, 0.717) is 22.3 Å². The zero-order valence-electron chi connectivity index (χ0n) is 18.2. The number of aromatic nitrogens is 2. The Kier molecular flexibility index (Phi) is 6.35. The van der Waals surface area contributed by atoms with E-state index in [2.05, 4.69) is 10.1 Å². The maximum absolute atomic E-state index is 13.3. The number of nitrogens with one attached hydrogen (secondary N) is 1. The van der Waals surface area contributed by atoms with E-state index in [0.717, 1.165) is 4.57 Å². The van der Waals surface area contributed by atoms with Gasteiger partial charge < -0.3 is 10.1 Å². The highest BCUT2D eigenvalue weighted by Crippen LogP contribution is 2.12. The predicted molar refractivity (Wildman–Crippen MR) is 124 cm³/mol. The number of hydrogen-bond acceptors (Lipinski definition) is 5. The monoisotopic (exact) mass is 461 g/mol. The van der Waals surface area contributed by atoms with E-state index in [1.807, 2.05) is 0 Å². The van der Waals surface area contributed by atoms with Crippen molar-refractivity contribution in [3.05, 3.63) is 111 Å². The Labute approximate surface area is 192 Å². The van der Waals surface area contributed by atoms with Gasteiger partial charge in [-0.3, -0.25) is 18.7 Å². The smallest absolute Gasteiger partial charge is 0.337 e. The predicted octanol–water partition coefficient (Wildman–Crippen LogP) is 2.78. The van der Waals surface area contributed by atoms with Gasteiger partial charge in [0.2, 0.25) is 5.91 Å². The molecular weight excluding hydrogens is 441 g/mol. The van der Waals surface area contributed by atoms with E-state index in [1.54, 1.807) is 36.4 Å². The topological polar surface area (TPSA) is 99.4 Å². The number of nitrogens with zero attached hydrogens (tertiary/aromatic N) is 2. The van der Waals surface area contributed by atoms with Gasteiger partial charge in [-0.25, -0.2) is 14.0 Å². The zero-order valence-corrected chi connectivity index (χ0v) is 18.2. The molecule has 0 spiro atoms. The van der Waals surface area contributed by atoms with Crippen LogP contribution in [-0.4, -0.2) is 28.1 Å². The molecule has 3 aromatic carbocycles. The first-order chi connectivity index (χ1) is 16.4. The number of halogens is 1. The molecule has 8 nitrogen and oxygen atoms in total. The summed E-state index contributed by atoms with van der Waals surface area (Å²) in [6, 6.07) is 18.1. The van der Waals surface area contributed by atoms with Crippen molar-refractivity contribution >= 4 is 28.5 Å². The molecule has 1 aromatic heterocycles. The van der Waals surface area contributed by atoms with Crippen molar-refractivity contribution < 1.29 is 18.7 Å². The first-order valence-corrected chi connectivity index (χ1v) is 10.3. The second-order valence-electron chi connectivity index (χ2n) is 7.52. The van der Waals surface area contributed by atoms with Gasteiger partial charge in [-0.2, -0.15) is 0 Å². The quantitative estimate of drug-likeness (QED) is 0.445. The van der Waals surface area contributed by atoms with Gasteiger partial charge in [0.1, 0.15) is 12.4 Å². The number of methoxy groups -OCH3 is 1. The molecule has 172 valence electrons. The normalized spacial score (nSPS) is 10.8. The van der Waals surface area contributed by atoms with Crippen molar-refractivity contribution in [3.63, 3.8) is 0 Å². The number of fused-ring (bicyclic) bond motifs is 1. The SMILES string of the molecule is COC(=O)c1ccc(NC(=O)Cn2c(=O)n(Cc3ccc(F)cc3)c(=O)c3ccccc32)cc1. The summed E-state index contributed by atoms with van der Waals surface area (Å²) in [5.74, 6) is -1.42. The first kappa shape index (κ1) is 22.7. The number of carbonyl (C=O) groups excluding carboxylic acids is 2. The van der Waals surface area contributed by atoms with Gasteiger partial charge in [-0.15, -0.1) is 0 Å². The van der Waals surface area contributed by atoms with Crippen molar-refractivity contribution in [2.45, 2.75) is 13.1 Å². The summed E-state index contributed by atoms with van der Waals surface area (Å²) in [7, 11) is 1.27. The van der Waals surface area contributed by atoms with E-state index >= 15 is 0 Å². The summed E-state index contributed by atoms with van der Waals surface area (Å²) < 4.78 is 20.1. The fraction of sp³-hybridized carbons (Fsp3) is 0.120. The second-order valence-corrected chi connectivity index (χ2v) is 7.52. The third-order valence-corrected chi connectivity index (χ3v) is 5.28. The number of esters is 1. The Bertz CT molecular complexity index is 1490. The van der Waals surface area contributed by atoms with Crippen LogP contribution >= 0.6 is 0 Å². The number of para-hydroxylation sites is 1. The molecule has 0 unspecified atom stereocenters. The highest BCUT2D eigenvalue weighted by Gasteiger charge is 2.16. The van der Waals surface area contributed by atoms with Gasteiger partial charge in [0.15, 0.2) is 0 Å². The van der Waals surface area contributed by atoms with Gasteiger partial charge in [-0.05, 0) is 54.1 Å². The zero-order chi connectivity index (χ0) is 24.2. The average molecular weight is 461 g/mol. The van der Waals surface area contributed by atoms with E-state index < -0.39 is 28.9 Å². The van der Waals surface area contributed by atoms with E-state index in [4.69, 9.17) is 0 Å². The minimum Gasteiger partial charge on any atom is -0.465 e. The minimum absolute atomic E-state index is 0.0700. The van der Waals surface area contributed by atoms with Gasteiger partial charge in [0, 0.05) is 5.69 Å². The molecule has 1 N–H and O–H groups in total. The Morgan fingerprint density at radius 3 is 2.26 bits per heavy atom. The van der Waals surface area contributed by atoms with Crippen LogP contribution in [0.15, 0.2) is 82.4 Å². The van der Waals surface area contributed by atoms with Crippen LogP contribution in [0.5, 0.6) is 0 Å². The fourth-order valence-electron chi connectivity index (χ4n) is 3.59. The number of hydrogen-bond donors (Lipinski definition) is 1. The molecule has 0 radical (unpaired) electrons. The summed E-state index contributed by atoms with van der Waals surface area (Å²) in [6.45, 7) is -0.415. The summed E-state index contributed by atoms with van der Waals surface area (Å²) >= 11 is 0. The molecule has 0 aliphatic heterocycles. The lowest BCUT2D eigenvalue weighted by Gasteiger charge is -2.14. The molecule has 4 rings (SSSR count). The molecule has 0 saturated carbocycles. The Hall–Kier alpha value is -4.53. The van der Waals surface area contributed by atoms with Crippen LogP contribution in [0.4, 0.5) is 10.1 Å². The summed E-state index contributed by atoms with van der Waals surface area (Å²) in [4.78, 5) is 50.6. The highest BCUT2D eigenvalue weighted by atomic mass is 19.1.